The molecule has 2 aliphatic rings. The molecular formula is C26H32N6O4. The molecule has 2 fully saturated rings. The Balaban J connectivity index is 1.49. The van der Waals surface area contributed by atoms with Crippen molar-refractivity contribution in [3.8, 4) is 17.0 Å². The Hall–Kier alpha value is -3.66. The van der Waals surface area contributed by atoms with Crippen molar-refractivity contribution in [2.24, 2.45) is 11.7 Å². The number of carbonyl (C=O) groups excluding carboxylic acids is 1. The molecule has 0 atom stereocenters. The number of H-pyrrole nitrogens is 1. The number of hydrogen-bond donors (Lipinski definition) is 4. The highest BCUT2D eigenvalue weighted by molar-refractivity contribution is 6.09. The maximum absolute atomic E-state index is 13.4. The minimum absolute atomic E-state index is 0.0940. The molecule has 1 saturated heterocycles. The van der Waals surface area contributed by atoms with Gasteiger partial charge in [-0.3, -0.25) is 4.79 Å². The Kier molecular flexibility index (Phi) is 6.53. The Morgan fingerprint density at radius 3 is 2.61 bits per heavy atom. The number of fused-ring (bicyclic) bond motifs is 1. The Morgan fingerprint density at radius 2 is 1.94 bits per heavy atom. The molecule has 1 aliphatic heterocycles. The molecule has 190 valence electrons. The van der Waals surface area contributed by atoms with Crippen LogP contribution in [0.25, 0.3) is 22.3 Å². The second kappa shape index (κ2) is 9.77. The fourth-order valence-corrected chi connectivity index (χ4v) is 4.75. The maximum atomic E-state index is 13.4. The predicted octanol–water partition coefficient (Wildman–Crippen LogP) is 3.36. The first-order valence-corrected chi connectivity index (χ1v) is 12.5. The molecule has 2 amide bonds. The van der Waals surface area contributed by atoms with E-state index in [4.69, 9.17) is 15.5 Å². The highest BCUT2D eigenvalue weighted by Crippen LogP contribution is 2.37. The highest BCUT2D eigenvalue weighted by atomic mass is 16.5. The van der Waals surface area contributed by atoms with Crippen molar-refractivity contribution < 1.29 is 19.4 Å². The van der Waals surface area contributed by atoms with Crippen molar-refractivity contribution in [1.82, 2.24) is 25.2 Å². The zero-order chi connectivity index (χ0) is 25.4. The van der Waals surface area contributed by atoms with E-state index in [0.29, 0.717) is 78.8 Å². The van der Waals surface area contributed by atoms with Crippen LogP contribution >= 0.6 is 0 Å². The molecule has 5 N–H and O–H groups in total. The van der Waals surface area contributed by atoms with Gasteiger partial charge in [0.15, 0.2) is 0 Å². The monoisotopic (exact) mass is 492 g/mol. The number of carbonyl (C=O) groups is 2. The molecular weight excluding hydrogens is 460 g/mol. The molecule has 36 heavy (non-hydrogen) atoms. The lowest BCUT2D eigenvalue weighted by Crippen LogP contribution is -2.46. The van der Waals surface area contributed by atoms with E-state index < -0.39 is 6.09 Å². The second-order valence-corrected chi connectivity index (χ2v) is 9.77. The molecule has 0 spiro atoms. The van der Waals surface area contributed by atoms with E-state index >= 15 is 0 Å². The van der Waals surface area contributed by atoms with E-state index in [1.165, 1.54) is 17.7 Å². The van der Waals surface area contributed by atoms with Gasteiger partial charge in [-0.15, -0.1) is 0 Å². The third kappa shape index (κ3) is 4.86. The van der Waals surface area contributed by atoms with Crippen LogP contribution in [0.5, 0.6) is 5.75 Å². The first-order chi connectivity index (χ1) is 17.3. The van der Waals surface area contributed by atoms with Crippen molar-refractivity contribution in [2.75, 3.05) is 19.7 Å². The standard InChI is InChI=1S/C26H32N6O4/c1-14-21(25(33)31-18-7-9-32(10-8-18)26(34)35)23-24(28-14)22(29-15(2)30-23)19-11-17(12-27)5-6-20(19)36-13-16-3-4-16/h5-6,11,16,18,28H,3-4,7-10,12-13,27H2,1-2H3,(H,31,33)(H,34,35). The number of hydrogen-bond acceptors (Lipinski definition) is 6. The van der Waals surface area contributed by atoms with Crippen molar-refractivity contribution in [2.45, 2.75) is 52.1 Å². The van der Waals surface area contributed by atoms with Gasteiger partial charge in [0.2, 0.25) is 0 Å². The number of benzene rings is 1. The number of aryl methyl sites for hydroxylation is 2. The lowest BCUT2D eigenvalue weighted by molar-refractivity contribution is 0.0908. The van der Waals surface area contributed by atoms with Gasteiger partial charge in [0, 0.05) is 36.9 Å². The van der Waals surface area contributed by atoms with Gasteiger partial charge in [-0.2, -0.15) is 0 Å². The van der Waals surface area contributed by atoms with Gasteiger partial charge in [-0.05, 0) is 63.1 Å². The van der Waals surface area contributed by atoms with E-state index in [-0.39, 0.29) is 11.9 Å². The third-order valence-corrected chi connectivity index (χ3v) is 6.98. The Labute approximate surface area is 209 Å². The number of rotatable bonds is 7. The summed E-state index contributed by atoms with van der Waals surface area (Å²) in [6.07, 6.45) is 2.61. The molecule has 3 heterocycles. The number of piperidine rings is 1. The number of nitrogens with one attached hydrogen (secondary N) is 2. The van der Waals surface area contributed by atoms with E-state index in [0.717, 1.165) is 16.9 Å². The van der Waals surface area contributed by atoms with Crippen LogP contribution in [0.3, 0.4) is 0 Å². The van der Waals surface area contributed by atoms with Crippen molar-refractivity contribution >= 4 is 23.0 Å². The van der Waals surface area contributed by atoms with Crippen molar-refractivity contribution in [3.63, 3.8) is 0 Å². The summed E-state index contributed by atoms with van der Waals surface area (Å²) in [5, 5.41) is 12.3. The van der Waals surface area contributed by atoms with Crippen LogP contribution in [0.4, 0.5) is 4.79 Å². The number of nitrogens with zero attached hydrogens (tertiary/aromatic N) is 3. The number of ether oxygens (including phenoxy) is 1. The summed E-state index contributed by atoms with van der Waals surface area (Å²) >= 11 is 0. The van der Waals surface area contributed by atoms with Gasteiger partial charge >= 0.3 is 6.09 Å². The van der Waals surface area contributed by atoms with Gasteiger partial charge in [0.05, 0.1) is 17.7 Å². The summed E-state index contributed by atoms with van der Waals surface area (Å²) in [4.78, 5) is 38.7. The summed E-state index contributed by atoms with van der Waals surface area (Å²) in [5.41, 5.74) is 10.8. The molecule has 0 bridgehead atoms. The van der Waals surface area contributed by atoms with Crippen molar-refractivity contribution in [3.05, 3.63) is 40.8 Å². The molecule has 10 heteroatoms. The first-order valence-electron chi connectivity index (χ1n) is 12.5. The predicted molar refractivity (Wildman–Crippen MR) is 135 cm³/mol. The fourth-order valence-electron chi connectivity index (χ4n) is 4.75. The quantitative estimate of drug-likeness (QED) is 0.395. The molecule has 0 radical (unpaired) electrons. The Bertz CT molecular complexity index is 1310. The van der Waals surface area contributed by atoms with Gasteiger partial charge < -0.3 is 30.8 Å². The number of carboxylic acid groups (broad SMARTS) is 1. The molecule has 2 aromatic heterocycles. The summed E-state index contributed by atoms with van der Waals surface area (Å²) in [6.45, 7) is 5.52. The van der Waals surface area contributed by atoms with Gasteiger partial charge in [0.1, 0.15) is 22.8 Å². The van der Waals surface area contributed by atoms with Crippen LogP contribution < -0.4 is 15.8 Å². The first kappa shape index (κ1) is 24.1. The summed E-state index contributed by atoms with van der Waals surface area (Å²) < 4.78 is 6.17. The number of amides is 2. The SMILES string of the molecule is Cc1nc(-c2cc(CN)ccc2OCC2CC2)c2[nH]c(C)c(C(=O)NC3CCN(C(=O)O)CC3)c2n1. The van der Waals surface area contributed by atoms with Crippen LogP contribution in [0, 0.1) is 19.8 Å². The van der Waals surface area contributed by atoms with E-state index in [9.17, 15) is 14.7 Å². The van der Waals surface area contributed by atoms with Gasteiger partial charge in [-0.1, -0.05) is 6.07 Å². The molecule has 1 aromatic carbocycles. The lowest BCUT2D eigenvalue weighted by atomic mass is 10.0. The molecule has 5 rings (SSSR count). The normalized spacial score (nSPS) is 16.4. The van der Waals surface area contributed by atoms with Crippen LogP contribution in [-0.2, 0) is 6.54 Å². The van der Waals surface area contributed by atoms with E-state index in [1.54, 1.807) is 0 Å². The van der Waals surface area contributed by atoms with Gasteiger partial charge in [-0.25, -0.2) is 14.8 Å². The summed E-state index contributed by atoms with van der Waals surface area (Å²) in [6, 6.07) is 5.81. The number of likely N-dealkylation sites (tertiary alicyclic amines) is 1. The van der Waals surface area contributed by atoms with Crippen LogP contribution in [-0.4, -0.2) is 62.7 Å². The fraction of sp³-hybridized carbons (Fsp3) is 0.462. The molecule has 0 unspecified atom stereocenters. The van der Waals surface area contributed by atoms with Crippen LogP contribution in [0.2, 0.25) is 0 Å². The van der Waals surface area contributed by atoms with Crippen molar-refractivity contribution in [1.29, 1.82) is 0 Å². The van der Waals surface area contributed by atoms with Crippen LogP contribution in [0.15, 0.2) is 18.2 Å². The Morgan fingerprint density at radius 1 is 1.19 bits per heavy atom. The number of nitrogens with two attached hydrogens (primary N) is 1. The minimum Gasteiger partial charge on any atom is -0.493 e. The summed E-state index contributed by atoms with van der Waals surface area (Å²) in [7, 11) is 0. The lowest BCUT2D eigenvalue weighted by Gasteiger charge is -2.30. The zero-order valence-electron chi connectivity index (χ0n) is 20.6. The molecule has 1 saturated carbocycles. The van der Waals surface area contributed by atoms with E-state index in [2.05, 4.69) is 15.3 Å². The molecule has 3 aromatic rings. The zero-order valence-corrected chi connectivity index (χ0v) is 20.6. The smallest absolute Gasteiger partial charge is 0.407 e. The number of aromatic amines is 1. The third-order valence-electron chi connectivity index (χ3n) is 6.98. The van der Waals surface area contributed by atoms with Crippen LogP contribution in [0.1, 0.15) is 53.1 Å². The minimum atomic E-state index is -0.925. The average Bonchev–Trinajstić information content (AvgIpc) is 3.63. The van der Waals surface area contributed by atoms with E-state index in [1.807, 2.05) is 32.0 Å². The maximum Gasteiger partial charge on any atom is 0.407 e. The second-order valence-electron chi connectivity index (χ2n) is 9.77. The summed E-state index contributed by atoms with van der Waals surface area (Å²) in [5.74, 6) is 1.66. The average molecular weight is 493 g/mol. The highest BCUT2D eigenvalue weighted by Gasteiger charge is 2.28. The largest absolute Gasteiger partial charge is 0.493 e. The molecule has 1 aliphatic carbocycles. The molecule has 10 nitrogen and oxygen atoms in total. The van der Waals surface area contributed by atoms with Gasteiger partial charge in [0.25, 0.3) is 5.91 Å². The topological polar surface area (TPSA) is 146 Å². The number of aromatic nitrogens is 3.